The predicted octanol–water partition coefficient (Wildman–Crippen LogP) is 2.97. The lowest BCUT2D eigenvalue weighted by Crippen LogP contribution is -2.44. The summed E-state index contributed by atoms with van der Waals surface area (Å²) < 4.78 is 5.92. The molecule has 0 amide bonds. The van der Waals surface area contributed by atoms with Gasteiger partial charge in [0, 0.05) is 38.3 Å². The minimum atomic E-state index is 0.454. The third-order valence-corrected chi connectivity index (χ3v) is 4.48. The Balaban J connectivity index is 1.59. The molecular formula is C19H19N5O. The molecule has 0 saturated carbocycles. The predicted molar refractivity (Wildman–Crippen MR) is 98.0 cm³/mol. The fraction of sp³-hybridized carbons (Fsp3) is 0.263. The zero-order valence-corrected chi connectivity index (χ0v) is 14.1. The monoisotopic (exact) mass is 333 g/mol. The third kappa shape index (κ3) is 3.14. The van der Waals surface area contributed by atoms with Gasteiger partial charge in [-0.3, -0.25) is 0 Å². The van der Waals surface area contributed by atoms with Gasteiger partial charge in [0.15, 0.2) is 5.88 Å². The summed E-state index contributed by atoms with van der Waals surface area (Å²) >= 11 is 0. The first-order valence-corrected chi connectivity index (χ1v) is 8.33. The highest BCUT2D eigenvalue weighted by molar-refractivity contribution is 5.89. The molecule has 2 aromatic heterocycles. The quantitative estimate of drug-likeness (QED) is 0.746. The van der Waals surface area contributed by atoms with Crippen molar-refractivity contribution in [1.29, 1.82) is 5.26 Å². The Hall–Kier alpha value is -3.04. The lowest BCUT2D eigenvalue weighted by atomic mass is 10.2. The Kier molecular flexibility index (Phi) is 4.00. The number of aromatic amines is 1. The van der Waals surface area contributed by atoms with Crippen molar-refractivity contribution in [2.45, 2.75) is 0 Å². The molecule has 126 valence electrons. The number of anilines is 1. The Labute approximate surface area is 146 Å². The number of nitriles is 1. The summed E-state index contributed by atoms with van der Waals surface area (Å²) in [6.07, 6.45) is 1.73. The summed E-state index contributed by atoms with van der Waals surface area (Å²) in [5.41, 5.74) is 2.21. The molecule has 25 heavy (non-hydrogen) atoms. The third-order valence-electron chi connectivity index (χ3n) is 4.48. The standard InChI is InChI=1S/C19H19N5O/c1-23-8-10-24(11-9-23)18-7-6-15(25-18)12-14(13-20)19-21-16-4-2-3-5-17(16)22-19/h2-7,12H,8-11H2,1H3,(H,21,22). The Morgan fingerprint density at radius 3 is 2.76 bits per heavy atom. The molecule has 0 spiro atoms. The zero-order chi connectivity index (χ0) is 17.2. The van der Waals surface area contributed by atoms with E-state index in [-0.39, 0.29) is 0 Å². The number of aromatic nitrogens is 2. The van der Waals surface area contributed by atoms with Crippen LogP contribution in [0.3, 0.4) is 0 Å². The number of rotatable bonds is 3. The van der Waals surface area contributed by atoms with Gasteiger partial charge in [0.05, 0.1) is 16.6 Å². The summed E-state index contributed by atoms with van der Waals surface area (Å²) in [7, 11) is 2.13. The molecule has 0 bridgehead atoms. The molecule has 6 heteroatoms. The number of hydrogen-bond acceptors (Lipinski definition) is 5. The van der Waals surface area contributed by atoms with Crippen LogP contribution in [0.25, 0.3) is 22.7 Å². The van der Waals surface area contributed by atoms with Crippen molar-refractivity contribution in [2.75, 3.05) is 38.1 Å². The molecule has 6 nitrogen and oxygen atoms in total. The Bertz CT molecular complexity index is 921. The van der Waals surface area contributed by atoms with Crippen molar-refractivity contribution in [3.8, 4) is 6.07 Å². The van der Waals surface area contributed by atoms with Crippen LogP contribution in [0, 0.1) is 11.3 Å². The molecule has 0 aliphatic carbocycles. The van der Waals surface area contributed by atoms with Crippen LogP contribution in [0.5, 0.6) is 0 Å². The number of likely N-dealkylation sites (N-methyl/N-ethyl adjacent to an activating group) is 1. The van der Waals surface area contributed by atoms with E-state index >= 15 is 0 Å². The lowest BCUT2D eigenvalue weighted by Gasteiger charge is -2.32. The minimum absolute atomic E-state index is 0.454. The van der Waals surface area contributed by atoms with Gasteiger partial charge in [-0.2, -0.15) is 5.26 Å². The van der Waals surface area contributed by atoms with Gasteiger partial charge in [0.1, 0.15) is 17.7 Å². The first-order chi connectivity index (χ1) is 12.2. The lowest BCUT2D eigenvalue weighted by molar-refractivity contribution is 0.306. The van der Waals surface area contributed by atoms with E-state index in [1.807, 2.05) is 36.4 Å². The van der Waals surface area contributed by atoms with E-state index in [0.29, 0.717) is 17.2 Å². The maximum absolute atomic E-state index is 9.51. The number of benzene rings is 1. The van der Waals surface area contributed by atoms with E-state index in [1.165, 1.54) is 0 Å². The highest BCUT2D eigenvalue weighted by atomic mass is 16.4. The fourth-order valence-electron chi connectivity index (χ4n) is 2.99. The van der Waals surface area contributed by atoms with Crippen LogP contribution < -0.4 is 4.90 Å². The molecular weight excluding hydrogens is 314 g/mol. The zero-order valence-electron chi connectivity index (χ0n) is 14.1. The number of piperazine rings is 1. The maximum atomic E-state index is 9.51. The first kappa shape index (κ1) is 15.5. The Morgan fingerprint density at radius 2 is 2.00 bits per heavy atom. The SMILES string of the molecule is CN1CCN(c2ccc(C=C(C#N)c3nc4ccccc4[nH]3)o2)CC1. The van der Waals surface area contributed by atoms with Crippen LogP contribution in [-0.2, 0) is 0 Å². The van der Waals surface area contributed by atoms with Crippen molar-refractivity contribution in [3.05, 3.63) is 48.0 Å². The number of nitrogens with one attached hydrogen (secondary N) is 1. The summed E-state index contributed by atoms with van der Waals surface area (Å²) in [4.78, 5) is 12.2. The van der Waals surface area contributed by atoms with E-state index < -0.39 is 0 Å². The van der Waals surface area contributed by atoms with Crippen molar-refractivity contribution < 1.29 is 4.42 Å². The molecule has 3 aromatic rings. The summed E-state index contributed by atoms with van der Waals surface area (Å²) in [6.45, 7) is 3.94. The van der Waals surface area contributed by atoms with E-state index in [4.69, 9.17) is 4.42 Å². The van der Waals surface area contributed by atoms with Gasteiger partial charge in [0.25, 0.3) is 0 Å². The minimum Gasteiger partial charge on any atom is -0.441 e. The van der Waals surface area contributed by atoms with Gasteiger partial charge in [0.2, 0.25) is 0 Å². The average Bonchev–Trinajstić information content (AvgIpc) is 3.27. The molecule has 1 saturated heterocycles. The van der Waals surface area contributed by atoms with E-state index in [2.05, 4.69) is 32.9 Å². The number of H-pyrrole nitrogens is 1. The second kappa shape index (κ2) is 6.46. The average molecular weight is 333 g/mol. The van der Waals surface area contributed by atoms with Crippen LogP contribution in [-0.4, -0.2) is 48.1 Å². The van der Waals surface area contributed by atoms with Crippen molar-refractivity contribution in [2.24, 2.45) is 0 Å². The second-order valence-corrected chi connectivity index (χ2v) is 6.24. The molecule has 0 radical (unpaired) electrons. The number of fused-ring (bicyclic) bond motifs is 1. The molecule has 1 aliphatic rings. The van der Waals surface area contributed by atoms with Crippen LogP contribution in [0.4, 0.5) is 5.88 Å². The van der Waals surface area contributed by atoms with Crippen molar-refractivity contribution in [3.63, 3.8) is 0 Å². The Morgan fingerprint density at radius 1 is 1.20 bits per heavy atom. The number of imidazole rings is 1. The highest BCUT2D eigenvalue weighted by Gasteiger charge is 2.17. The van der Waals surface area contributed by atoms with Crippen LogP contribution in [0.1, 0.15) is 11.6 Å². The van der Waals surface area contributed by atoms with E-state index in [0.717, 1.165) is 43.1 Å². The van der Waals surface area contributed by atoms with Crippen molar-refractivity contribution >= 4 is 28.6 Å². The van der Waals surface area contributed by atoms with Gasteiger partial charge in [-0.05, 0) is 25.2 Å². The molecule has 1 fully saturated rings. The smallest absolute Gasteiger partial charge is 0.196 e. The number of allylic oxidation sites excluding steroid dienone is 1. The van der Waals surface area contributed by atoms with Crippen LogP contribution in [0.2, 0.25) is 0 Å². The summed E-state index contributed by atoms with van der Waals surface area (Å²) in [6, 6.07) is 13.8. The molecule has 1 aromatic carbocycles. The molecule has 0 unspecified atom stereocenters. The van der Waals surface area contributed by atoms with Crippen molar-refractivity contribution in [1.82, 2.24) is 14.9 Å². The van der Waals surface area contributed by atoms with Gasteiger partial charge < -0.3 is 19.2 Å². The number of para-hydroxylation sites is 2. The second-order valence-electron chi connectivity index (χ2n) is 6.24. The summed E-state index contributed by atoms with van der Waals surface area (Å²) in [5.74, 6) is 2.06. The largest absolute Gasteiger partial charge is 0.441 e. The highest BCUT2D eigenvalue weighted by Crippen LogP contribution is 2.24. The normalized spacial score (nSPS) is 16.3. The van der Waals surface area contributed by atoms with Gasteiger partial charge in [-0.25, -0.2) is 4.98 Å². The maximum Gasteiger partial charge on any atom is 0.196 e. The van der Waals surface area contributed by atoms with E-state index in [1.54, 1.807) is 6.08 Å². The molecule has 4 rings (SSSR count). The molecule has 1 aliphatic heterocycles. The van der Waals surface area contributed by atoms with Gasteiger partial charge in [-0.1, -0.05) is 12.1 Å². The molecule has 0 atom stereocenters. The van der Waals surface area contributed by atoms with Crippen LogP contribution >= 0.6 is 0 Å². The first-order valence-electron chi connectivity index (χ1n) is 8.33. The topological polar surface area (TPSA) is 72.1 Å². The van der Waals surface area contributed by atoms with Crippen LogP contribution in [0.15, 0.2) is 40.8 Å². The number of hydrogen-bond donors (Lipinski definition) is 1. The number of nitrogens with zero attached hydrogens (tertiary/aromatic N) is 4. The summed E-state index contributed by atoms with van der Waals surface area (Å²) in [5, 5.41) is 9.51. The molecule has 1 N–H and O–H groups in total. The van der Waals surface area contributed by atoms with E-state index in [9.17, 15) is 5.26 Å². The van der Waals surface area contributed by atoms with Gasteiger partial charge in [-0.15, -0.1) is 0 Å². The fourth-order valence-corrected chi connectivity index (χ4v) is 2.99. The molecule has 3 heterocycles. The number of furan rings is 1. The van der Waals surface area contributed by atoms with Gasteiger partial charge >= 0.3 is 0 Å².